The molecule has 0 unspecified atom stereocenters. The number of hydrogen-bond acceptors (Lipinski definition) is 5. The average Bonchev–Trinajstić information content (AvgIpc) is 2.91. The van der Waals surface area contributed by atoms with Crippen molar-refractivity contribution in [3.8, 4) is 33.7 Å². The van der Waals surface area contributed by atoms with E-state index in [1.807, 2.05) is 0 Å². The van der Waals surface area contributed by atoms with Crippen LogP contribution >= 0.6 is 23.2 Å². The third-order valence-electron chi connectivity index (χ3n) is 5.72. The van der Waals surface area contributed by atoms with Crippen LogP contribution in [0, 0.1) is 5.82 Å². The maximum absolute atomic E-state index is 14.9. The molecule has 8 nitrogen and oxygen atoms in total. The maximum atomic E-state index is 14.9. The number of aromatic amines is 2. The van der Waals surface area contributed by atoms with Crippen LogP contribution in [0.5, 0.6) is 5.75 Å². The van der Waals surface area contributed by atoms with Crippen molar-refractivity contribution in [2.45, 2.75) is 6.61 Å². The van der Waals surface area contributed by atoms with Crippen molar-refractivity contribution in [1.29, 1.82) is 0 Å². The van der Waals surface area contributed by atoms with E-state index < -0.39 is 22.6 Å². The van der Waals surface area contributed by atoms with Crippen molar-refractivity contribution in [2.75, 3.05) is 0 Å². The van der Waals surface area contributed by atoms with E-state index in [0.717, 1.165) is 0 Å². The smallest absolute Gasteiger partial charge is 0.325 e. The van der Waals surface area contributed by atoms with Crippen molar-refractivity contribution in [3.63, 3.8) is 0 Å². The summed E-state index contributed by atoms with van der Waals surface area (Å²) in [5, 5.41) is 0.185. The van der Waals surface area contributed by atoms with Crippen LogP contribution in [-0.2, 0) is 6.61 Å². The molecule has 3 heterocycles. The van der Waals surface area contributed by atoms with Crippen LogP contribution in [0.1, 0.15) is 5.56 Å². The Morgan fingerprint density at radius 1 is 0.947 bits per heavy atom. The van der Waals surface area contributed by atoms with E-state index in [1.165, 1.54) is 41.4 Å². The van der Waals surface area contributed by atoms with Gasteiger partial charge in [0.25, 0.3) is 11.1 Å². The number of aromatic nitrogens is 4. The number of halogens is 3. The Kier molecular flexibility index (Phi) is 6.95. The van der Waals surface area contributed by atoms with Crippen LogP contribution in [0.15, 0.2) is 93.8 Å². The molecule has 0 bridgehead atoms. The Morgan fingerprint density at radius 2 is 1.76 bits per heavy atom. The van der Waals surface area contributed by atoms with Crippen molar-refractivity contribution >= 4 is 23.2 Å². The number of benzene rings is 2. The van der Waals surface area contributed by atoms with Gasteiger partial charge < -0.3 is 9.72 Å². The first-order valence-electron chi connectivity index (χ1n) is 11.2. The molecule has 0 spiro atoms. The van der Waals surface area contributed by atoms with E-state index in [1.54, 1.807) is 42.6 Å². The van der Waals surface area contributed by atoms with E-state index in [9.17, 15) is 18.8 Å². The molecule has 0 saturated carbocycles. The molecular formula is C27H17Cl2FN4O4. The highest BCUT2D eigenvalue weighted by Gasteiger charge is 2.18. The number of ether oxygens (including phenoxy) is 1. The van der Waals surface area contributed by atoms with Crippen molar-refractivity contribution < 1.29 is 9.13 Å². The summed E-state index contributed by atoms with van der Waals surface area (Å²) in [6.45, 7) is -0.0386. The van der Waals surface area contributed by atoms with Crippen LogP contribution in [0.25, 0.3) is 27.9 Å². The second kappa shape index (κ2) is 10.5. The summed E-state index contributed by atoms with van der Waals surface area (Å²) < 4.78 is 21.9. The molecule has 0 atom stereocenters. The van der Waals surface area contributed by atoms with Gasteiger partial charge in [0.05, 0.1) is 22.5 Å². The van der Waals surface area contributed by atoms with E-state index in [2.05, 4.69) is 15.0 Å². The van der Waals surface area contributed by atoms with E-state index in [-0.39, 0.29) is 34.1 Å². The number of nitrogens with one attached hydrogen (secondary N) is 2. The Balaban J connectivity index is 1.68. The molecule has 3 aromatic heterocycles. The maximum Gasteiger partial charge on any atom is 0.325 e. The molecule has 5 rings (SSSR count). The second-order valence-corrected chi connectivity index (χ2v) is 8.98. The van der Waals surface area contributed by atoms with Gasteiger partial charge in [0.1, 0.15) is 6.61 Å². The minimum atomic E-state index is -0.803. The summed E-state index contributed by atoms with van der Waals surface area (Å²) in [5.74, 6) is -0.990. The lowest BCUT2D eigenvalue weighted by atomic mass is 10.0. The highest BCUT2D eigenvalue weighted by atomic mass is 35.5. The van der Waals surface area contributed by atoms with Crippen LogP contribution < -0.4 is 21.5 Å². The first kappa shape index (κ1) is 25.2. The molecule has 2 N–H and O–H groups in total. The Bertz CT molecular complexity index is 1830. The van der Waals surface area contributed by atoms with E-state index in [4.69, 9.17) is 27.9 Å². The van der Waals surface area contributed by atoms with Gasteiger partial charge in [0.15, 0.2) is 11.6 Å². The SMILES string of the molecule is O=c1[nH]cc(-c2cc(-c3cc(Cl)c(F)c(OCc4ccccc4Cl)c3)c(=O)n(-c3cccnc3)c2)c(=O)[nH]1. The van der Waals surface area contributed by atoms with Gasteiger partial charge in [-0.25, -0.2) is 9.18 Å². The summed E-state index contributed by atoms with van der Waals surface area (Å²) in [6.07, 6.45) is 5.72. The fraction of sp³-hybridized carbons (Fsp3) is 0.0370. The molecule has 0 aliphatic rings. The lowest BCUT2D eigenvalue weighted by Crippen LogP contribution is -2.24. The van der Waals surface area contributed by atoms with Crippen molar-refractivity contribution in [3.05, 3.63) is 132 Å². The molecule has 0 saturated heterocycles. The fourth-order valence-electron chi connectivity index (χ4n) is 3.84. The molecule has 190 valence electrons. The molecule has 0 amide bonds. The number of H-pyrrole nitrogens is 2. The summed E-state index contributed by atoms with van der Waals surface area (Å²) >= 11 is 12.4. The number of rotatable bonds is 6. The van der Waals surface area contributed by atoms with Crippen LogP contribution in [-0.4, -0.2) is 19.5 Å². The van der Waals surface area contributed by atoms with Crippen molar-refractivity contribution in [1.82, 2.24) is 19.5 Å². The van der Waals surface area contributed by atoms with Crippen molar-refractivity contribution in [2.24, 2.45) is 0 Å². The van der Waals surface area contributed by atoms with Gasteiger partial charge in [-0.2, -0.15) is 0 Å². The third kappa shape index (κ3) is 5.02. The molecule has 0 aliphatic heterocycles. The molecule has 2 aromatic carbocycles. The highest BCUT2D eigenvalue weighted by molar-refractivity contribution is 6.31. The zero-order valence-corrected chi connectivity index (χ0v) is 20.9. The summed E-state index contributed by atoms with van der Waals surface area (Å²) in [7, 11) is 0. The molecule has 5 aromatic rings. The van der Waals surface area contributed by atoms with Gasteiger partial charge in [-0.05, 0) is 42.0 Å². The number of pyridine rings is 2. The second-order valence-electron chi connectivity index (χ2n) is 8.16. The predicted molar refractivity (Wildman–Crippen MR) is 143 cm³/mol. The van der Waals surface area contributed by atoms with Gasteiger partial charge in [-0.1, -0.05) is 41.4 Å². The standard InChI is InChI=1S/C27H17Cl2FN4O4/c28-21-6-2-1-4-15(21)14-38-23-10-16(9-22(29)24(23)30)19-8-17(20-12-32-27(37)33-25(20)35)13-34(26(19)36)18-5-3-7-31-11-18/h1-13H,14H2,(H2,32,33,35,37). The molecule has 0 radical (unpaired) electrons. The molecular weight excluding hydrogens is 534 g/mol. The van der Waals surface area contributed by atoms with Gasteiger partial charge in [-0.3, -0.25) is 24.1 Å². The van der Waals surface area contributed by atoms with Gasteiger partial charge in [-0.15, -0.1) is 0 Å². The highest BCUT2D eigenvalue weighted by Crippen LogP contribution is 2.33. The Labute approximate surface area is 223 Å². The Hall–Kier alpha value is -4.47. The summed E-state index contributed by atoms with van der Waals surface area (Å²) in [4.78, 5) is 46.4. The normalized spacial score (nSPS) is 10.9. The van der Waals surface area contributed by atoms with Crippen LogP contribution in [0.4, 0.5) is 4.39 Å². The van der Waals surface area contributed by atoms with Crippen LogP contribution in [0.3, 0.4) is 0 Å². The van der Waals surface area contributed by atoms with E-state index >= 15 is 0 Å². The van der Waals surface area contributed by atoms with E-state index in [0.29, 0.717) is 21.8 Å². The van der Waals surface area contributed by atoms with Gasteiger partial charge in [0.2, 0.25) is 0 Å². The van der Waals surface area contributed by atoms with Gasteiger partial charge >= 0.3 is 5.69 Å². The topological polar surface area (TPSA) is 110 Å². The van der Waals surface area contributed by atoms with Gasteiger partial charge in [0, 0.05) is 40.3 Å². The largest absolute Gasteiger partial charge is 0.486 e. The Morgan fingerprint density at radius 3 is 2.50 bits per heavy atom. The zero-order valence-electron chi connectivity index (χ0n) is 19.4. The number of nitrogens with zero attached hydrogens (tertiary/aromatic N) is 2. The third-order valence-corrected chi connectivity index (χ3v) is 6.36. The fourth-order valence-corrected chi connectivity index (χ4v) is 4.24. The quantitative estimate of drug-likeness (QED) is 0.310. The summed E-state index contributed by atoms with van der Waals surface area (Å²) in [5.41, 5.74) is -0.00755. The molecule has 38 heavy (non-hydrogen) atoms. The monoisotopic (exact) mass is 550 g/mol. The molecule has 0 fully saturated rings. The lowest BCUT2D eigenvalue weighted by Gasteiger charge is -2.14. The first-order valence-corrected chi connectivity index (χ1v) is 11.9. The predicted octanol–water partition coefficient (Wildman–Crippen LogP) is 4.97. The zero-order chi connectivity index (χ0) is 26.8. The molecule has 11 heteroatoms. The summed E-state index contributed by atoms with van der Waals surface area (Å²) in [6, 6.07) is 14.4. The minimum Gasteiger partial charge on any atom is -0.486 e. The average molecular weight is 551 g/mol. The number of hydrogen-bond donors (Lipinski definition) is 2. The van der Waals surface area contributed by atoms with Crippen LogP contribution in [0.2, 0.25) is 10.0 Å². The first-order chi connectivity index (χ1) is 18.3. The lowest BCUT2D eigenvalue weighted by molar-refractivity contribution is 0.290. The molecule has 0 aliphatic carbocycles. The minimum absolute atomic E-state index is 0.0386.